The zero-order valence-corrected chi connectivity index (χ0v) is 18.1. The summed E-state index contributed by atoms with van der Waals surface area (Å²) in [6.45, 7) is 1.27. The summed E-state index contributed by atoms with van der Waals surface area (Å²) in [5, 5.41) is 2.91. The molecule has 0 saturated carbocycles. The van der Waals surface area contributed by atoms with Crippen molar-refractivity contribution in [1.29, 1.82) is 0 Å². The van der Waals surface area contributed by atoms with Gasteiger partial charge in [0.05, 0.1) is 24.1 Å². The van der Waals surface area contributed by atoms with Crippen LogP contribution in [0.2, 0.25) is 0 Å². The second kappa shape index (κ2) is 9.80. The van der Waals surface area contributed by atoms with E-state index in [-0.39, 0.29) is 30.3 Å². The SMILES string of the molecule is CC(=O)OCCn1ccc2c(NC(=O)Cc3ccc(C(F)(F)F)cc3C(F)(F)F)cccc2c1=O. The van der Waals surface area contributed by atoms with Crippen LogP contribution in [0.1, 0.15) is 23.6 Å². The van der Waals surface area contributed by atoms with Gasteiger partial charge in [-0.3, -0.25) is 14.4 Å². The largest absolute Gasteiger partial charge is 0.464 e. The monoisotopic (exact) mass is 500 g/mol. The van der Waals surface area contributed by atoms with Crippen molar-refractivity contribution in [1.82, 2.24) is 4.57 Å². The van der Waals surface area contributed by atoms with Crippen molar-refractivity contribution in [2.45, 2.75) is 32.2 Å². The van der Waals surface area contributed by atoms with Gasteiger partial charge in [-0.2, -0.15) is 26.3 Å². The highest BCUT2D eigenvalue weighted by Gasteiger charge is 2.38. The number of hydrogen-bond donors (Lipinski definition) is 1. The van der Waals surface area contributed by atoms with Crippen LogP contribution in [-0.2, 0) is 39.6 Å². The molecule has 186 valence electrons. The number of esters is 1. The number of benzene rings is 2. The van der Waals surface area contributed by atoms with Crippen molar-refractivity contribution in [3.8, 4) is 0 Å². The average Bonchev–Trinajstić information content (AvgIpc) is 2.74. The van der Waals surface area contributed by atoms with E-state index in [1.165, 1.54) is 42.0 Å². The maximum atomic E-state index is 13.4. The molecule has 12 heteroatoms. The van der Waals surface area contributed by atoms with Gasteiger partial charge in [0, 0.05) is 29.6 Å². The molecule has 0 radical (unpaired) electrons. The van der Waals surface area contributed by atoms with Gasteiger partial charge in [-0.1, -0.05) is 12.1 Å². The van der Waals surface area contributed by atoms with Gasteiger partial charge in [-0.15, -0.1) is 0 Å². The smallest absolute Gasteiger partial charge is 0.416 e. The van der Waals surface area contributed by atoms with Crippen molar-refractivity contribution < 1.29 is 40.7 Å². The Balaban J connectivity index is 1.86. The van der Waals surface area contributed by atoms with E-state index in [4.69, 9.17) is 4.74 Å². The van der Waals surface area contributed by atoms with E-state index in [1.54, 1.807) is 0 Å². The maximum absolute atomic E-state index is 13.4. The Bertz CT molecular complexity index is 1330. The molecule has 3 rings (SSSR count). The van der Waals surface area contributed by atoms with E-state index < -0.39 is 52.9 Å². The minimum Gasteiger partial charge on any atom is -0.464 e. The molecule has 0 aliphatic rings. The first-order chi connectivity index (χ1) is 16.3. The molecule has 0 spiro atoms. The number of rotatable bonds is 6. The van der Waals surface area contributed by atoms with Crippen molar-refractivity contribution >= 4 is 28.3 Å². The zero-order valence-electron chi connectivity index (χ0n) is 18.1. The van der Waals surface area contributed by atoms with Crippen LogP contribution in [0.5, 0.6) is 0 Å². The van der Waals surface area contributed by atoms with Crippen molar-refractivity contribution in [2.24, 2.45) is 0 Å². The molecular weight excluding hydrogens is 482 g/mol. The molecule has 0 saturated heterocycles. The van der Waals surface area contributed by atoms with Crippen LogP contribution < -0.4 is 10.9 Å². The lowest BCUT2D eigenvalue weighted by molar-refractivity contribution is -0.144. The summed E-state index contributed by atoms with van der Waals surface area (Å²) in [5.74, 6) is -1.42. The van der Waals surface area contributed by atoms with Gasteiger partial charge in [0.25, 0.3) is 5.56 Å². The number of fused-ring (bicyclic) bond motifs is 1. The lowest BCUT2D eigenvalue weighted by Crippen LogP contribution is -2.23. The fraction of sp³-hybridized carbons (Fsp3) is 0.261. The molecule has 0 aliphatic carbocycles. The third-order valence-electron chi connectivity index (χ3n) is 5.02. The highest BCUT2D eigenvalue weighted by molar-refractivity contribution is 6.02. The number of amides is 1. The number of aromatic nitrogens is 1. The first-order valence-corrected chi connectivity index (χ1v) is 10.1. The normalized spacial score (nSPS) is 12.0. The number of pyridine rings is 1. The van der Waals surface area contributed by atoms with Crippen LogP contribution in [-0.4, -0.2) is 23.1 Å². The summed E-state index contributed by atoms with van der Waals surface area (Å²) in [7, 11) is 0. The molecule has 0 aliphatic heterocycles. The number of halogens is 6. The van der Waals surface area contributed by atoms with Gasteiger partial charge in [0.1, 0.15) is 6.61 Å². The number of nitrogens with one attached hydrogen (secondary N) is 1. The van der Waals surface area contributed by atoms with Gasteiger partial charge in [0.15, 0.2) is 0 Å². The molecule has 1 amide bonds. The predicted octanol–water partition coefficient (Wildman–Crippen LogP) is 4.78. The lowest BCUT2D eigenvalue weighted by Gasteiger charge is -2.16. The number of ether oxygens (including phenoxy) is 1. The topological polar surface area (TPSA) is 77.4 Å². The standard InChI is InChI=1S/C23H18F6N2O4/c1-13(32)35-10-9-31-8-7-16-17(21(31)34)3-2-4-19(16)30-20(33)11-14-5-6-15(22(24,25)26)12-18(14)23(27,28)29/h2-8,12H,9-11H2,1H3,(H,30,33). The van der Waals surface area contributed by atoms with E-state index in [1.807, 2.05) is 0 Å². The average molecular weight is 500 g/mol. The number of alkyl halides is 6. The molecule has 35 heavy (non-hydrogen) atoms. The molecule has 0 bridgehead atoms. The van der Waals surface area contributed by atoms with Gasteiger partial charge in [-0.05, 0) is 35.9 Å². The molecule has 0 unspecified atom stereocenters. The highest BCUT2D eigenvalue weighted by atomic mass is 19.4. The Kier molecular flexibility index (Phi) is 7.22. The van der Waals surface area contributed by atoms with Gasteiger partial charge < -0.3 is 14.6 Å². The molecule has 1 N–H and O–H groups in total. The molecule has 3 aromatic rings. The Hall–Kier alpha value is -3.83. The van der Waals surface area contributed by atoms with Crippen LogP contribution in [0, 0.1) is 0 Å². The summed E-state index contributed by atoms with van der Waals surface area (Å²) < 4.78 is 84.7. The van der Waals surface area contributed by atoms with Crippen LogP contribution >= 0.6 is 0 Å². The molecule has 6 nitrogen and oxygen atoms in total. The fourth-order valence-electron chi connectivity index (χ4n) is 3.43. The van der Waals surface area contributed by atoms with Gasteiger partial charge in [0.2, 0.25) is 5.91 Å². The number of hydrogen-bond acceptors (Lipinski definition) is 4. The number of carbonyl (C=O) groups excluding carboxylic acids is 2. The van der Waals surface area contributed by atoms with E-state index in [9.17, 15) is 40.7 Å². The molecule has 1 heterocycles. The van der Waals surface area contributed by atoms with Gasteiger partial charge in [-0.25, -0.2) is 0 Å². The Morgan fingerprint density at radius 1 is 0.971 bits per heavy atom. The maximum Gasteiger partial charge on any atom is 0.416 e. The molecular formula is C23H18F6N2O4. The number of nitrogens with zero attached hydrogens (tertiary/aromatic N) is 1. The molecule has 0 atom stereocenters. The summed E-state index contributed by atoms with van der Waals surface area (Å²) in [4.78, 5) is 36.1. The molecule has 1 aromatic heterocycles. The summed E-state index contributed by atoms with van der Waals surface area (Å²) >= 11 is 0. The minimum absolute atomic E-state index is 0.0290. The third kappa shape index (κ3) is 6.19. The summed E-state index contributed by atoms with van der Waals surface area (Å²) in [6.07, 6.45) is -9.52. The van der Waals surface area contributed by atoms with E-state index in [0.29, 0.717) is 17.5 Å². The van der Waals surface area contributed by atoms with E-state index in [0.717, 1.165) is 0 Å². The first-order valence-electron chi connectivity index (χ1n) is 10.1. The number of carbonyl (C=O) groups is 2. The lowest BCUT2D eigenvalue weighted by atomic mass is 10.00. The van der Waals surface area contributed by atoms with E-state index in [2.05, 4.69) is 5.32 Å². The quantitative estimate of drug-likeness (QED) is 0.390. The van der Waals surface area contributed by atoms with Crippen molar-refractivity contribution in [3.63, 3.8) is 0 Å². The first kappa shape index (κ1) is 25.8. The van der Waals surface area contributed by atoms with Crippen LogP contribution in [0.3, 0.4) is 0 Å². The van der Waals surface area contributed by atoms with Crippen molar-refractivity contribution in [3.05, 3.63) is 75.7 Å². The van der Waals surface area contributed by atoms with Crippen LogP contribution in [0.15, 0.2) is 53.5 Å². The summed E-state index contributed by atoms with van der Waals surface area (Å²) in [6, 6.07) is 6.94. The summed E-state index contributed by atoms with van der Waals surface area (Å²) in [5.41, 5.74) is -3.98. The highest BCUT2D eigenvalue weighted by Crippen LogP contribution is 2.37. The third-order valence-corrected chi connectivity index (χ3v) is 5.02. The van der Waals surface area contributed by atoms with E-state index >= 15 is 0 Å². The fourth-order valence-corrected chi connectivity index (χ4v) is 3.43. The molecule has 0 fully saturated rings. The predicted molar refractivity (Wildman–Crippen MR) is 114 cm³/mol. The minimum atomic E-state index is -5.10. The van der Waals surface area contributed by atoms with Crippen LogP contribution in [0.25, 0.3) is 10.8 Å². The second-order valence-electron chi connectivity index (χ2n) is 7.51. The Labute approximate surface area is 194 Å². The molecule has 2 aromatic carbocycles. The Morgan fingerprint density at radius 3 is 2.31 bits per heavy atom. The van der Waals surface area contributed by atoms with Crippen molar-refractivity contribution in [2.75, 3.05) is 11.9 Å². The number of anilines is 1. The zero-order chi connectivity index (χ0) is 26.0. The van der Waals surface area contributed by atoms with Crippen LogP contribution in [0.4, 0.5) is 32.0 Å². The van der Waals surface area contributed by atoms with Gasteiger partial charge >= 0.3 is 18.3 Å². The Morgan fingerprint density at radius 2 is 1.69 bits per heavy atom. The second-order valence-corrected chi connectivity index (χ2v) is 7.51.